The molecular weight excluding hydrogens is 393 g/mol. The predicted octanol–water partition coefficient (Wildman–Crippen LogP) is 4.13. The predicted molar refractivity (Wildman–Crippen MR) is 103 cm³/mol. The van der Waals surface area contributed by atoms with Crippen molar-refractivity contribution in [1.29, 1.82) is 0 Å². The Labute approximate surface area is 167 Å². The van der Waals surface area contributed by atoms with Gasteiger partial charge in [-0.3, -0.25) is 4.79 Å². The molecule has 27 heavy (non-hydrogen) atoms. The van der Waals surface area contributed by atoms with E-state index >= 15 is 0 Å². The van der Waals surface area contributed by atoms with Crippen molar-refractivity contribution >= 4 is 35.1 Å². The van der Waals surface area contributed by atoms with E-state index in [2.05, 4.69) is 5.32 Å². The molecule has 2 N–H and O–H groups in total. The quantitative estimate of drug-likeness (QED) is 0.697. The molecule has 0 aliphatic rings. The highest BCUT2D eigenvalue weighted by atomic mass is 35.5. The van der Waals surface area contributed by atoms with Crippen molar-refractivity contribution in [2.75, 3.05) is 7.11 Å². The first-order chi connectivity index (χ1) is 12.7. The molecule has 144 valence electrons. The molecule has 0 aromatic heterocycles. The molecule has 0 radical (unpaired) electrons. The van der Waals surface area contributed by atoms with Crippen LogP contribution < -0.4 is 10.1 Å². The van der Waals surface area contributed by atoms with Gasteiger partial charge in [0.05, 0.1) is 13.2 Å². The van der Waals surface area contributed by atoms with Crippen LogP contribution in [0.3, 0.4) is 0 Å². The smallest absolute Gasteiger partial charge is 0.342 e. The summed E-state index contributed by atoms with van der Waals surface area (Å²) in [4.78, 5) is 24.6. The summed E-state index contributed by atoms with van der Waals surface area (Å²) >= 11 is 12.0. The zero-order chi connectivity index (χ0) is 20.1. The number of nitrogens with one attached hydrogen (secondary N) is 1. The first-order valence-corrected chi connectivity index (χ1v) is 8.82. The molecule has 0 heterocycles. The molecule has 0 aliphatic carbocycles. The van der Waals surface area contributed by atoms with Gasteiger partial charge in [0.2, 0.25) is 0 Å². The first kappa shape index (κ1) is 20.9. The second-order valence-corrected chi connectivity index (χ2v) is 6.64. The van der Waals surface area contributed by atoms with Crippen LogP contribution in [0.5, 0.6) is 11.5 Å². The number of phenolic OH excluding ortho intramolecular Hbond substituents is 1. The number of aromatic hydroxyl groups is 1. The largest absolute Gasteiger partial charge is 0.504 e. The monoisotopic (exact) mass is 411 g/mol. The Bertz CT molecular complexity index is 856. The van der Waals surface area contributed by atoms with Gasteiger partial charge >= 0.3 is 5.97 Å². The van der Waals surface area contributed by atoms with E-state index in [1.54, 1.807) is 25.1 Å². The van der Waals surface area contributed by atoms with Crippen LogP contribution >= 0.6 is 23.2 Å². The van der Waals surface area contributed by atoms with Crippen molar-refractivity contribution < 1.29 is 24.2 Å². The van der Waals surface area contributed by atoms with E-state index in [4.69, 9.17) is 32.7 Å². The number of esters is 1. The number of phenols is 1. The van der Waals surface area contributed by atoms with E-state index in [0.29, 0.717) is 15.6 Å². The van der Waals surface area contributed by atoms with Gasteiger partial charge in [-0.25, -0.2) is 4.79 Å². The summed E-state index contributed by atoms with van der Waals surface area (Å²) in [6.07, 6.45) is -1.09. The summed E-state index contributed by atoms with van der Waals surface area (Å²) in [5.41, 5.74) is 0.584. The van der Waals surface area contributed by atoms with Crippen LogP contribution in [0, 0.1) is 0 Å². The number of para-hydroxylation sites is 1. The second kappa shape index (κ2) is 8.97. The van der Waals surface area contributed by atoms with Crippen molar-refractivity contribution in [3.05, 3.63) is 57.6 Å². The number of rotatable bonds is 6. The van der Waals surface area contributed by atoms with Crippen LogP contribution in [-0.4, -0.2) is 30.2 Å². The SMILES string of the molecule is COc1cccc(C(=O)OC(C)C(=O)NC(C)c2ccc(Cl)cc2Cl)c1O. The van der Waals surface area contributed by atoms with Crippen LogP contribution in [0.4, 0.5) is 0 Å². The fourth-order valence-corrected chi connectivity index (χ4v) is 2.96. The lowest BCUT2D eigenvalue weighted by Gasteiger charge is -2.19. The van der Waals surface area contributed by atoms with E-state index in [1.165, 1.54) is 32.2 Å². The second-order valence-electron chi connectivity index (χ2n) is 5.80. The van der Waals surface area contributed by atoms with Crippen LogP contribution in [0.1, 0.15) is 35.8 Å². The van der Waals surface area contributed by atoms with Gasteiger partial charge < -0.3 is 19.9 Å². The zero-order valence-corrected chi connectivity index (χ0v) is 16.5. The van der Waals surface area contributed by atoms with E-state index in [9.17, 15) is 14.7 Å². The summed E-state index contributed by atoms with van der Waals surface area (Å²) in [6, 6.07) is 8.94. The molecule has 2 aromatic rings. The number of amides is 1. The average Bonchev–Trinajstić information content (AvgIpc) is 2.61. The van der Waals surface area contributed by atoms with Crippen LogP contribution in [0.25, 0.3) is 0 Å². The lowest BCUT2D eigenvalue weighted by atomic mass is 10.1. The van der Waals surface area contributed by atoms with Crippen molar-refractivity contribution in [3.63, 3.8) is 0 Å². The van der Waals surface area contributed by atoms with E-state index in [1.807, 2.05) is 0 Å². The van der Waals surface area contributed by atoms with Gasteiger partial charge in [-0.1, -0.05) is 35.3 Å². The van der Waals surface area contributed by atoms with Gasteiger partial charge in [0.15, 0.2) is 17.6 Å². The molecule has 0 aliphatic heterocycles. The van der Waals surface area contributed by atoms with Gasteiger partial charge in [-0.15, -0.1) is 0 Å². The molecule has 0 bridgehead atoms. The summed E-state index contributed by atoms with van der Waals surface area (Å²) in [5, 5.41) is 13.6. The minimum absolute atomic E-state index is 0.0946. The summed E-state index contributed by atoms with van der Waals surface area (Å²) in [5.74, 6) is -1.57. The van der Waals surface area contributed by atoms with Gasteiger partial charge in [0.1, 0.15) is 5.56 Å². The molecule has 6 nitrogen and oxygen atoms in total. The van der Waals surface area contributed by atoms with Crippen LogP contribution in [-0.2, 0) is 9.53 Å². The third-order valence-electron chi connectivity index (χ3n) is 3.88. The molecule has 8 heteroatoms. The Morgan fingerprint density at radius 2 is 1.85 bits per heavy atom. The molecule has 0 saturated heterocycles. The first-order valence-electron chi connectivity index (χ1n) is 8.06. The summed E-state index contributed by atoms with van der Waals surface area (Å²) in [6.45, 7) is 3.18. The fourth-order valence-electron chi connectivity index (χ4n) is 2.39. The number of carbonyl (C=O) groups excluding carboxylic acids is 2. The minimum atomic E-state index is -1.09. The zero-order valence-electron chi connectivity index (χ0n) is 15.0. The van der Waals surface area contributed by atoms with E-state index in [-0.39, 0.29) is 17.1 Å². The van der Waals surface area contributed by atoms with Gasteiger partial charge in [0, 0.05) is 10.0 Å². The Balaban J connectivity index is 2.04. The normalized spacial score (nSPS) is 12.8. The van der Waals surface area contributed by atoms with Crippen molar-refractivity contribution in [1.82, 2.24) is 5.32 Å². The van der Waals surface area contributed by atoms with Crippen LogP contribution in [0.2, 0.25) is 10.0 Å². The highest BCUT2D eigenvalue weighted by molar-refractivity contribution is 6.35. The third kappa shape index (κ3) is 5.05. The summed E-state index contributed by atoms with van der Waals surface area (Å²) in [7, 11) is 1.36. The summed E-state index contributed by atoms with van der Waals surface area (Å²) < 4.78 is 10.1. The lowest BCUT2D eigenvalue weighted by Crippen LogP contribution is -2.37. The topological polar surface area (TPSA) is 84.9 Å². The highest BCUT2D eigenvalue weighted by Crippen LogP contribution is 2.30. The number of hydrogen-bond acceptors (Lipinski definition) is 5. The Morgan fingerprint density at radius 3 is 2.48 bits per heavy atom. The molecule has 2 atom stereocenters. The number of carbonyl (C=O) groups is 2. The standard InChI is InChI=1S/C19H19Cl2NO5/c1-10(13-8-7-12(20)9-15(13)21)22-18(24)11(2)27-19(25)14-5-4-6-16(26-3)17(14)23/h4-11,23H,1-3H3,(H,22,24). The van der Waals surface area contributed by atoms with Crippen LogP contribution in [0.15, 0.2) is 36.4 Å². The fraction of sp³-hybridized carbons (Fsp3) is 0.263. The number of halogens is 2. The molecule has 0 spiro atoms. The van der Waals surface area contributed by atoms with Crippen molar-refractivity contribution in [2.24, 2.45) is 0 Å². The molecule has 0 fully saturated rings. The number of benzene rings is 2. The molecule has 2 aromatic carbocycles. The maximum atomic E-state index is 12.3. The van der Waals surface area contributed by atoms with Crippen molar-refractivity contribution in [3.8, 4) is 11.5 Å². The third-order valence-corrected chi connectivity index (χ3v) is 4.44. The Hall–Kier alpha value is -2.44. The number of ether oxygens (including phenoxy) is 2. The molecule has 1 amide bonds. The van der Waals surface area contributed by atoms with Gasteiger partial charge in [-0.2, -0.15) is 0 Å². The maximum Gasteiger partial charge on any atom is 0.342 e. The highest BCUT2D eigenvalue weighted by Gasteiger charge is 2.24. The van der Waals surface area contributed by atoms with E-state index in [0.717, 1.165) is 0 Å². The minimum Gasteiger partial charge on any atom is -0.504 e. The van der Waals surface area contributed by atoms with Crippen molar-refractivity contribution in [2.45, 2.75) is 26.0 Å². The molecule has 2 rings (SSSR count). The van der Waals surface area contributed by atoms with Gasteiger partial charge in [0.25, 0.3) is 5.91 Å². The number of hydrogen-bond donors (Lipinski definition) is 2. The Morgan fingerprint density at radius 1 is 1.15 bits per heavy atom. The van der Waals surface area contributed by atoms with E-state index < -0.39 is 24.0 Å². The molecule has 0 saturated carbocycles. The van der Waals surface area contributed by atoms with Gasteiger partial charge in [-0.05, 0) is 43.7 Å². The average molecular weight is 412 g/mol. The Kier molecular flexibility index (Phi) is 6.93. The lowest BCUT2D eigenvalue weighted by molar-refractivity contribution is -0.129. The maximum absolute atomic E-state index is 12.3. The molecule has 2 unspecified atom stereocenters. The molecular formula is C19H19Cl2NO5. The number of methoxy groups -OCH3 is 1.